The van der Waals surface area contributed by atoms with Crippen LogP contribution in [0.15, 0.2) is 28.7 Å². The summed E-state index contributed by atoms with van der Waals surface area (Å²) in [6.07, 6.45) is 9.66. The zero-order chi connectivity index (χ0) is 14.2. The van der Waals surface area contributed by atoms with Gasteiger partial charge in [0.15, 0.2) is 11.5 Å². The van der Waals surface area contributed by atoms with Crippen LogP contribution in [-0.4, -0.2) is 11.0 Å². The molecule has 1 aromatic heterocycles. The highest BCUT2D eigenvalue weighted by Crippen LogP contribution is 2.16. The summed E-state index contributed by atoms with van der Waals surface area (Å²) >= 11 is 0. The van der Waals surface area contributed by atoms with Crippen LogP contribution in [0.2, 0.25) is 0 Å². The molecule has 0 saturated heterocycles. The number of para-hydroxylation sites is 2. The van der Waals surface area contributed by atoms with Crippen molar-refractivity contribution in [1.82, 2.24) is 4.98 Å². The van der Waals surface area contributed by atoms with Crippen LogP contribution in [0.4, 0.5) is 0 Å². The highest BCUT2D eigenvalue weighted by Gasteiger charge is 2.10. The number of benzene rings is 1. The molecule has 0 aliphatic rings. The van der Waals surface area contributed by atoms with Crippen LogP contribution in [0.5, 0.6) is 0 Å². The molecule has 0 amide bonds. The summed E-state index contributed by atoms with van der Waals surface area (Å²) in [5.74, 6) is 0.768. The maximum atomic E-state index is 6.17. The molecule has 110 valence electrons. The summed E-state index contributed by atoms with van der Waals surface area (Å²) in [6.45, 7) is 2.25. The molecule has 1 atom stereocenters. The van der Waals surface area contributed by atoms with Gasteiger partial charge in [-0.3, -0.25) is 0 Å². The number of unbranched alkanes of at least 4 members (excludes halogenated alkanes) is 5. The number of nitrogens with zero attached hydrogens (tertiary/aromatic N) is 1. The SMILES string of the molecule is CCCCCCCCC(N)Cc1nc2ccccc2o1. The van der Waals surface area contributed by atoms with E-state index >= 15 is 0 Å². The fraction of sp³-hybridized carbons (Fsp3) is 0.588. The van der Waals surface area contributed by atoms with E-state index in [1.165, 1.54) is 38.5 Å². The first kappa shape index (κ1) is 15.0. The van der Waals surface area contributed by atoms with Gasteiger partial charge in [-0.1, -0.05) is 57.6 Å². The first-order valence-corrected chi connectivity index (χ1v) is 7.89. The molecule has 1 unspecified atom stereocenters. The monoisotopic (exact) mass is 274 g/mol. The zero-order valence-electron chi connectivity index (χ0n) is 12.5. The van der Waals surface area contributed by atoms with Gasteiger partial charge in [0.1, 0.15) is 5.52 Å². The Morgan fingerprint density at radius 2 is 1.85 bits per heavy atom. The molecule has 3 heteroatoms. The Kier molecular flexibility index (Phi) is 6.06. The number of rotatable bonds is 9. The third kappa shape index (κ3) is 4.64. The van der Waals surface area contributed by atoms with Gasteiger partial charge in [0, 0.05) is 12.5 Å². The van der Waals surface area contributed by atoms with Crippen molar-refractivity contribution in [2.24, 2.45) is 5.73 Å². The van der Waals surface area contributed by atoms with Crippen molar-refractivity contribution in [3.8, 4) is 0 Å². The van der Waals surface area contributed by atoms with E-state index in [0.717, 1.165) is 29.8 Å². The van der Waals surface area contributed by atoms with Crippen LogP contribution < -0.4 is 5.73 Å². The number of fused-ring (bicyclic) bond motifs is 1. The average Bonchev–Trinajstić information content (AvgIpc) is 2.84. The topological polar surface area (TPSA) is 52.0 Å². The lowest BCUT2D eigenvalue weighted by molar-refractivity contribution is 0.468. The Hall–Kier alpha value is -1.35. The largest absolute Gasteiger partial charge is 0.441 e. The van der Waals surface area contributed by atoms with E-state index in [-0.39, 0.29) is 6.04 Å². The Labute approximate surface area is 121 Å². The van der Waals surface area contributed by atoms with Gasteiger partial charge in [0.2, 0.25) is 0 Å². The lowest BCUT2D eigenvalue weighted by Crippen LogP contribution is -2.22. The predicted molar refractivity (Wildman–Crippen MR) is 83.7 cm³/mol. The average molecular weight is 274 g/mol. The number of aromatic nitrogens is 1. The normalized spacial score (nSPS) is 12.9. The van der Waals surface area contributed by atoms with Crippen LogP contribution in [0.25, 0.3) is 11.1 Å². The summed E-state index contributed by atoms with van der Waals surface area (Å²) in [5, 5.41) is 0. The molecular formula is C17H26N2O. The van der Waals surface area contributed by atoms with Crippen molar-refractivity contribution in [1.29, 1.82) is 0 Å². The van der Waals surface area contributed by atoms with Gasteiger partial charge < -0.3 is 10.2 Å². The molecule has 0 saturated carbocycles. The van der Waals surface area contributed by atoms with Gasteiger partial charge in [-0.15, -0.1) is 0 Å². The summed E-state index contributed by atoms with van der Waals surface area (Å²) < 4.78 is 5.71. The summed E-state index contributed by atoms with van der Waals surface area (Å²) in [7, 11) is 0. The standard InChI is InChI=1S/C17H26N2O/c1-2-3-4-5-6-7-10-14(18)13-17-19-15-11-8-9-12-16(15)20-17/h8-9,11-12,14H,2-7,10,13,18H2,1H3. The molecule has 3 nitrogen and oxygen atoms in total. The lowest BCUT2D eigenvalue weighted by Gasteiger charge is -2.08. The maximum Gasteiger partial charge on any atom is 0.197 e. The minimum atomic E-state index is 0.161. The molecule has 0 fully saturated rings. The number of nitrogens with two attached hydrogens (primary N) is 1. The molecule has 2 aromatic rings. The van der Waals surface area contributed by atoms with E-state index in [2.05, 4.69) is 11.9 Å². The van der Waals surface area contributed by atoms with Crippen molar-refractivity contribution in [2.75, 3.05) is 0 Å². The van der Waals surface area contributed by atoms with E-state index < -0.39 is 0 Å². The predicted octanol–water partition coefficient (Wildman–Crippen LogP) is 4.45. The summed E-state index contributed by atoms with van der Waals surface area (Å²) in [6, 6.07) is 8.03. The van der Waals surface area contributed by atoms with Gasteiger partial charge >= 0.3 is 0 Å². The minimum absolute atomic E-state index is 0.161. The molecule has 0 bridgehead atoms. The summed E-state index contributed by atoms with van der Waals surface area (Å²) in [5.41, 5.74) is 7.95. The molecule has 1 aromatic carbocycles. The molecule has 2 rings (SSSR count). The lowest BCUT2D eigenvalue weighted by atomic mass is 10.0. The van der Waals surface area contributed by atoms with Crippen LogP contribution in [0.1, 0.15) is 57.8 Å². The zero-order valence-corrected chi connectivity index (χ0v) is 12.5. The number of oxazole rings is 1. The first-order valence-electron chi connectivity index (χ1n) is 7.89. The van der Waals surface area contributed by atoms with E-state index in [0.29, 0.717) is 0 Å². The molecule has 2 N–H and O–H groups in total. The number of hydrogen-bond acceptors (Lipinski definition) is 3. The molecule has 0 radical (unpaired) electrons. The molecule has 20 heavy (non-hydrogen) atoms. The molecule has 0 aliphatic heterocycles. The second-order valence-corrected chi connectivity index (χ2v) is 5.60. The van der Waals surface area contributed by atoms with Crippen LogP contribution in [-0.2, 0) is 6.42 Å². The number of hydrogen-bond donors (Lipinski definition) is 1. The van der Waals surface area contributed by atoms with Gasteiger partial charge in [0.05, 0.1) is 0 Å². The molecular weight excluding hydrogens is 248 g/mol. The summed E-state index contributed by atoms with van der Waals surface area (Å²) in [4.78, 5) is 4.47. The van der Waals surface area contributed by atoms with Gasteiger partial charge in [-0.2, -0.15) is 0 Å². The maximum absolute atomic E-state index is 6.17. The Balaban J connectivity index is 1.70. The highest BCUT2D eigenvalue weighted by molar-refractivity contribution is 5.72. The third-order valence-corrected chi connectivity index (χ3v) is 3.70. The van der Waals surface area contributed by atoms with Crippen LogP contribution in [0, 0.1) is 0 Å². The highest BCUT2D eigenvalue weighted by atomic mass is 16.3. The molecule has 0 spiro atoms. The molecule has 1 heterocycles. The van der Waals surface area contributed by atoms with Crippen LogP contribution in [0.3, 0.4) is 0 Å². The third-order valence-electron chi connectivity index (χ3n) is 3.70. The van der Waals surface area contributed by atoms with E-state index in [4.69, 9.17) is 10.2 Å². The van der Waals surface area contributed by atoms with Crippen LogP contribution >= 0.6 is 0 Å². The fourth-order valence-electron chi connectivity index (χ4n) is 2.52. The van der Waals surface area contributed by atoms with E-state index in [1.54, 1.807) is 0 Å². The van der Waals surface area contributed by atoms with Crippen molar-refractivity contribution in [3.63, 3.8) is 0 Å². The van der Waals surface area contributed by atoms with Crippen molar-refractivity contribution in [2.45, 2.75) is 64.3 Å². The van der Waals surface area contributed by atoms with Crippen molar-refractivity contribution in [3.05, 3.63) is 30.2 Å². The molecule has 0 aliphatic carbocycles. The van der Waals surface area contributed by atoms with Crippen molar-refractivity contribution >= 4 is 11.1 Å². The van der Waals surface area contributed by atoms with Gasteiger partial charge in [-0.05, 0) is 18.6 Å². The quantitative estimate of drug-likeness (QED) is 0.687. The van der Waals surface area contributed by atoms with Gasteiger partial charge in [0.25, 0.3) is 0 Å². The smallest absolute Gasteiger partial charge is 0.197 e. The Morgan fingerprint density at radius 3 is 2.65 bits per heavy atom. The Bertz CT molecular complexity index is 473. The van der Waals surface area contributed by atoms with E-state index in [9.17, 15) is 0 Å². The van der Waals surface area contributed by atoms with Gasteiger partial charge in [-0.25, -0.2) is 4.98 Å². The second kappa shape index (κ2) is 8.05. The fourth-order valence-corrected chi connectivity index (χ4v) is 2.52. The minimum Gasteiger partial charge on any atom is -0.441 e. The first-order chi connectivity index (χ1) is 9.79. The Morgan fingerprint density at radius 1 is 1.10 bits per heavy atom. The second-order valence-electron chi connectivity index (χ2n) is 5.60. The van der Waals surface area contributed by atoms with Crippen molar-refractivity contribution < 1.29 is 4.42 Å². The van der Waals surface area contributed by atoms with E-state index in [1.807, 2.05) is 24.3 Å².